The van der Waals surface area contributed by atoms with Crippen LogP contribution < -0.4 is 0 Å². The van der Waals surface area contributed by atoms with Gasteiger partial charge < -0.3 is 13.8 Å². The van der Waals surface area contributed by atoms with Crippen LogP contribution in [0.4, 0.5) is 0 Å². The Morgan fingerprint density at radius 2 is 2.29 bits per heavy atom. The Morgan fingerprint density at radius 3 is 3.05 bits per heavy atom. The van der Waals surface area contributed by atoms with E-state index in [4.69, 9.17) is 4.52 Å². The van der Waals surface area contributed by atoms with E-state index in [0.717, 1.165) is 24.2 Å². The Labute approximate surface area is 121 Å². The topological polar surface area (TPSA) is 63.6 Å². The predicted octanol–water partition coefficient (Wildman–Crippen LogP) is 2.13. The number of hydrogen-bond donors (Lipinski definition) is 0. The van der Waals surface area contributed by atoms with Crippen LogP contribution in [0.3, 0.4) is 0 Å². The van der Waals surface area contributed by atoms with Crippen LogP contribution in [0.2, 0.25) is 0 Å². The molecule has 21 heavy (non-hydrogen) atoms. The van der Waals surface area contributed by atoms with Gasteiger partial charge in [0.05, 0.1) is 24.6 Å². The van der Waals surface area contributed by atoms with Crippen molar-refractivity contribution in [2.24, 2.45) is 0 Å². The molecule has 3 aromatic heterocycles. The van der Waals surface area contributed by atoms with Crippen molar-refractivity contribution < 1.29 is 9.32 Å². The maximum Gasteiger partial charge on any atom is 0.293 e. The van der Waals surface area contributed by atoms with Crippen molar-refractivity contribution in [3.63, 3.8) is 0 Å². The first kappa shape index (κ1) is 12.1. The van der Waals surface area contributed by atoms with Crippen LogP contribution in [0.15, 0.2) is 47.4 Å². The van der Waals surface area contributed by atoms with Gasteiger partial charge in [0.25, 0.3) is 5.91 Å². The van der Waals surface area contributed by atoms with Gasteiger partial charge in [-0.05, 0) is 25.0 Å². The molecule has 1 fully saturated rings. The molecule has 6 nitrogen and oxygen atoms in total. The summed E-state index contributed by atoms with van der Waals surface area (Å²) in [5.74, 6) is 0.177. The van der Waals surface area contributed by atoms with Gasteiger partial charge in [-0.15, -0.1) is 0 Å². The van der Waals surface area contributed by atoms with Gasteiger partial charge in [-0.1, -0.05) is 11.2 Å². The van der Waals surface area contributed by atoms with E-state index in [9.17, 15) is 4.79 Å². The molecule has 0 N–H and O–H groups in total. The number of fused-ring (bicyclic) bond motifs is 1. The van der Waals surface area contributed by atoms with Crippen LogP contribution in [0.1, 0.15) is 29.1 Å². The minimum Gasteiger partial charge on any atom is -0.351 e. The van der Waals surface area contributed by atoms with Crippen LogP contribution in [-0.4, -0.2) is 31.4 Å². The predicted molar refractivity (Wildman–Crippen MR) is 74.6 cm³/mol. The van der Waals surface area contributed by atoms with E-state index in [2.05, 4.69) is 10.1 Å². The van der Waals surface area contributed by atoms with Crippen LogP contribution in [0, 0.1) is 0 Å². The van der Waals surface area contributed by atoms with E-state index in [1.54, 1.807) is 6.07 Å². The molecule has 6 heteroatoms. The molecule has 0 radical (unpaired) electrons. The van der Waals surface area contributed by atoms with E-state index < -0.39 is 0 Å². The Bertz CT molecular complexity index is 774. The van der Waals surface area contributed by atoms with Crippen molar-refractivity contribution in [3.8, 4) is 0 Å². The fourth-order valence-electron chi connectivity index (χ4n) is 2.50. The summed E-state index contributed by atoms with van der Waals surface area (Å²) in [5, 5.41) is 3.61. The monoisotopic (exact) mass is 282 g/mol. The third-order valence-electron chi connectivity index (χ3n) is 3.72. The zero-order valence-corrected chi connectivity index (χ0v) is 11.3. The quantitative estimate of drug-likeness (QED) is 0.735. The van der Waals surface area contributed by atoms with E-state index in [-0.39, 0.29) is 17.7 Å². The number of rotatable bonds is 4. The molecule has 0 aliphatic heterocycles. The molecule has 3 heterocycles. The second-order valence-electron chi connectivity index (χ2n) is 5.22. The Hall–Kier alpha value is -2.63. The first-order chi connectivity index (χ1) is 10.3. The normalized spacial score (nSPS) is 14.5. The maximum atomic E-state index is 12.5. The summed E-state index contributed by atoms with van der Waals surface area (Å²) in [6.07, 6.45) is 7.35. The lowest BCUT2D eigenvalue weighted by Crippen LogP contribution is -2.32. The van der Waals surface area contributed by atoms with Gasteiger partial charge in [-0.25, -0.2) is 4.98 Å². The van der Waals surface area contributed by atoms with E-state index in [0.29, 0.717) is 6.54 Å². The number of pyridine rings is 1. The number of aromatic nitrogens is 3. The van der Waals surface area contributed by atoms with Crippen LogP contribution >= 0.6 is 0 Å². The Kier molecular flexibility index (Phi) is 2.73. The molecule has 0 bridgehead atoms. The number of hydrogen-bond acceptors (Lipinski definition) is 4. The fourth-order valence-corrected chi connectivity index (χ4v) is 2.50. The standard InChI is InChI=1S/C15H14N4O2/c20-15(13-6-7-17-21-13)19(11-4-5-11)10-12-9-16-14-3-1-2-8-18(12)14/h1-3,6-9,11H,4-5,10H2. The molecule has 0 saturated heterocycles. The zero-order valence-electron chi connectivity index (χ0n) is 11.3. The van der Waals surface area contributed by atoms with Gasteiger partial charge in [0.2, 0.25) is 5.76 Å². The summed E-state index contributed by atoms with van der Waals surface area (Å²) in [4.78, 5) is 18.7. The number of carbonyl (C=O) groups is 1. The smallest absolute Gasteiger partial charge is 0.293 e. The lowest BCUT2D eigenvalue weighted by atomic mass is 10.3. The largest absolute Gasteiger partial charge is 0.351 e. The molecule has 1 aliphatic rings. The molecule has 3 aromatic rings. The summed E-state index contributed by atoms with van der Waals surface area (Å²) >= 11 is 0. The van der Waals surface area contributed by atoms with Crippen molar-refractivity contribution in [2.75, 3.05) is 0 Å². The zero-order chi connectivity index (χ0) is 14.2. The SMILES string of the molecule is O=C(c1ccno1)N(Cc1cnc2ccccn12)C1CC1. The lowest BCUT2D eigenvalue weighted by molar-refractivity contribution is 0.0685. The van der Waals surface area contributed by atoms with Gasteiger partial charge in [-0.3, -0.25) is 4.79 Å². The van der Waals surface area contributed by atoms with Gasteiger partial charge in [0, 0.05) is 18.3 Å². The average Bonchev–Trinajstić information content (AvgIpc) is 3.05. The summed E-state index contributed by atoms with van der Waals surface area (Å²) in [6, 6.07) is 7.74. The number of nitrogens with zero attached hydrogens (tertiary/aromatic N) is 4. The summed E-state index contributed by atoms with van der Waals surface area (Å²) in [6.45, 7) is 0.523. The molecule has 106 valence electrons. The second-order valence-corrected chi connectivity index (χ2v) is 5.22. The fraction of sp³-hybridized carbons (Fsp3) is 0.267. The molecule has 0 unspecified atom stereocenters. The number of amides is 1. The summed E-state index contributed by atoms with van der Waals surface area (Å²) in [5.41, 5.74) is 1.88. The molecule has 4 rings (SSSR count). The first-order valence-corrected chi connectivity index (χ1v) is 6.95. The highest BCUT2D eigenvalue weighted by molar-refractivity contribution is 5.91. The van der Waals surface area contributed by atoms with Gasteiger partial charge >= 0.3 is 0 Å². The van der Waals surface area contributed by atoms with Crippen molar-refractivity contribution in [1.29, 1.82) is 0 Å². The third-order valence-corrected chi connectivity index (χ3v) is 3.72. The first-order valence-electron chi connectivity index (χ1n) is 6.95. The van der Waals surface area contributed by atoms with Crippen LogP contribution in [0.5, 0.6) is 0 Å². The lowest BCUT2D eigenvalue weighted by Gasteiger charge is -2.20. The molecule has 1 aliphatic carbocycles. The van der Waals surface area contributed by atoms with Gasteiger partial charge in [0.15, 0.2) is 0 Å². The van der Waals surface area contributed by atoms with Crippen molar-refractivity contribution >= 4 is 11.6 Å². The molecular formula is C15H14N4O2. The average molecular weight is 282 g/mol. The molecule has 1 saturated carbocycles. The highest BCUT2D eigenvalue weighted by Gasteiger charge is 2.34. The van der Waals surface area contributed by atoms with E-state index >= 15 is 0 Å². The number of imidazole rings is 1. The van der Waals surface area contributed by atoms with Crippen LogP contribution in [0.25, 0.3) is 5.65 Å². The molecular weight excluding hydrogens is 268 g/mol. The Balaban J connectivity index is 1.65. The van der Waals surface area contributed by atoms with E-state index in [1.807, 2.05) is 39.9 Å². The second kappa shape index (κ2) is 4.73. The Morgan fingerprint density at radius 1 is 1.38 bits per heavy atom. The highest BCUT2D eigenvalue weighted by Crippen LogP contribution is 2.29. The van der Waals surface area contributed by atoms with Crippen molar-refractivity contribution in [3.05, 3.63) is 54.3 Å². The van der Waals surface area contributed by atoms with Crippen molar-refractivity contribution in [1.82, 2.24) is 19.4 Å². The molecule has 0 spiro atoms. The maximum absolute atomic E-state index is 12.5. The van der Waals surface area contributed by atoms with Crippen molar-refractivity contribution in [2.45, 2.75) is 25.4 Å². The minimum absolute atomic E-state index is 0.110. The summed E-state index contributed by atoms with van der Waals surface area (Å²) < 4.78 is 7.00. The van der Waals surface area contributed by atoms with Gasteiger partial charge in [-0.2, -0.15) is 0 Å². The highest BCUT2D eigenvalue weighted by atomic mass is 16.5. The molecule has 0 atom stereocenters. The van der Waals surface area contributed by atoms with Gasteiger partial charge in [0.1, 0.15) is 5.65 Å². The number of carbonyl (C=O) groups excluding carboxylic acids is 1. The summed E-state index contributed by atoms with van der Waals surface area (Å²) in [7, 11) is 0. The van der Waals surface area contributed by atoms with E-state index in [1.165, 1.54) is 6.20 Å². The van der Waals surface area contributed by atoms with Crippen LogP contribution in [-0.2, 0) is 6.54 Å². The third kappa shape index (κ3) is 2.18. The molecule has 0 aromatic carbocycles. The molecule has 1 amide bonds. The minimum atomic E-state index is -0.110.